The zero-order valence-corrected chi connectivity index (χ0v) is 15.9. The van der Waals surface area contributed by atoms with Gasteiger partial charge < -0.3 is 19.9 Å². The highest BCUT2D eigenvalue weighted by Crippen LogP contribution is 2.11. The number of esters is 1. The SMILES string of the molecule is Cc1cc(NC(=O)CSCC(=O)OCC(=O)N[C@@H](C)c2ccccc2)no1. The molecule has 2 rings (SSSR count). The molecule has 1 aromatic heterocycles. The van der Waals surface area contributed by atoms with Gasteiger partial charge in [0.15, 0.2) is 12.4 Å². The van der Waals surface area contributed by atoms with E-state index in [4.69, 9.17) is 9.26 Å². The third-order valence-electron chi connectivity index (χ3n) is 3.39. The van der Waals surface area contributed by atoms with Crippen molar-refractivity contribution in [2.45, 2.75) is 19.9 Å². The molecule has 1 atom stereocenters. The molecule has 0 saturated heterocycles. The van der Waals surface area contributed by atoms with E-state index in [1.807, 2.05) is 37.3 Å². The predicted molar refractivity (Wildman–Crippen MR) is 101 cm³/mol. The Kier molecular flexibility index (Phi) is 7.87. The fourth-order valence-electron chi connectivity index (χ4n) is 2.13. The van der Waals surface area contributed by atoms with Gasteiger partial charge in [-0.3, -0.25) is 14.4 Å². The van der Waals surface area contributed by atoms with Gasteiger partial charge in [0.1, 0.15) is 5.76 Å². The summed E-state index contributed by atoms with van der Waals surface area (Å²) in [5, 5.41) is 8.94. The van der Waals surface area contributed by atoms with E-state index in [1.54, 1.807) is 13.0 Å². The molecule has 0 saturated carbocycles. The van der Waals surface area contributed by atoms with Gasteiger partial charge in [0.2, 0.25) is 5.91 Å². The van der Waals surface area contributed by atoms with Crippen LogP contribution in [0.5, 0.6) is 0 Å². The maximum absolute atomic E-state index is 11.8. The molecule has 1 aromatic carbocycles. The van der Waals surface area contributed by atoms with Gasteiger partial charge in [0.25, 0.3) is 5.91 Å². The molecule has 8 nitrogen and oxygen atoms in total. The highest BCUT2D eigenvalue weighted by Gasteiger charge is 2.13. The largest absolute Gasteiger partial charge is 0.455 e. The van der Waals surface area contributed by atoms with Crippen LogP contribution in [0, 0.1) is 6.92 Å². The Morgan fingerprint density at radius 1 is 1.19 bits per heavy atom. The van der Waals surface area contributed by atoms with Gasteiger partial charge in [-0.25, -0.2) is 0 Å². The van der Waals surface area contributed by atoms with Gasteiger partial charge in [-0.15, -0.1) is 11.8 Å². The lowest BCUT2D eigenvalue weighted by Crippen LogP contribution is -2.31. The average Bonchev–Trinajstić information content (AvgIpc) is 3.05. The van der Waals surface area contributed by atoms with Crippen LogP contribution in [-0.4, -0.2) is 41.1 Å². The number of aryl methyl sites for hydroxylation is 1. The van der Waals surface area contributed by atoms with Crippen LogP contribution in [0.4, 0.5) is 5.82 Å². The van der Waals surface area contributed by atoms with Crippen molar-refractivity contribution in [1.82, 2.24) is 10.5 Å². The number of hydrogen-bond acceptors (Lipinski definition) is 7. The summed E-state index contributed by atoms with van der Waals surface area (Å²) in [5.74, 6) is -0.330. The second-order valence-electron chi connectivity index (χ2n) is 5.72. The quantitative estimate of drug-likeness (QED) is 0.630. The number of hydrogen-bond donors (Lipinski definition) is 2. The molecule has 0 spiro atoms. The Hall–Kier alpha value is -2.81. The minimum absolute atomic E-state index is 0.0349. The van der Waals surface area contributed by atoms with E-state index in [0.29, 0.717) is 11.6 Å². The summed E-state index contributed by atoms with van der Waals surface area (Å²) in [6, 6.07) is 10.9. The molecular weight excluding hydrogens is 370 g/mol. The first-order chi connectivity index (χ1) is 12.9. The number of amides is 2. The number of benzene rings is 1. The summed E-state index contributed by atoms with van der Waals surface area (Å²) in [7, 11) is 0. The van der Waals surface area contributed by atoms with Crippen LogP contribution in [-0.2, 0) is 19.1 Å². The summed E-state index contributed by atoms with van der Waals surface area (Å²) >= 11 is 1.08. The molecule has 0 fully saturated rings. The van der Waals surface area contributed by atoms with Crippen molar-refractivity contribution in [3.8, 4) is 0 Å². The van der Waals surface area contributed by atoms with Crippen LogP contribution in [0.2, 0.25) is 0 Å². The van der Waals surface area contributed by atoms with Crippen LogP contribution in [0.25, 0.3) is 0 Å². The second-order valence-corrected chi connectivity index (χ2v) is 6.71. The molecule has 0 radical (unpaired) electrons. The van der Waals surface area contributed by atoms with E-state index in [2.05, 4.69) is 15.8 Å². The number of rotatable bonds is 9. The maximum Gasteiger partial charge on any atom is 0.316 e. The third kappa shape index (κ3) is 7.53. The number of anilines is 1. The first-order valence-electron chi connectivity index (χ1n) is 8.25. The molecule has 2 amide bonds. The predicted octanol–water partition coefficient (Wildman–Crippen LogP) is 2.08. The standard InChI is InChI=1S/C18H21N3O5S/c1-12-8-15(21-26-12)20-17(23)10-27-11-18(24)25-9-16(22)19-13(2)14-6-4-3-5-7-14/h3-8,13H,9-11H2,1-2H3,(H,19,22)(H,20,21,23)/t13-/m0/s1. The third-order valence-corrected chi connectivity index (χ3v) is 4.30. The van der Waals surface area contributed by atoms with Crippen molar-refractivity contribution in [2.75, 3.05) is 23.4 Å². The topological polar surface area (TPSA) is 111 Å². The van der Waals surface area contributed by atoms with Gasteiger partial charge in [0, 0.05) is 6.07 Å². The lowest BCUT2D eigenvalue weighted by molar-refractivity contribution is -0.146. The summed E-state index contributed by atoms with van der Waals surface area (Å²) in [4.78, 5) is 35.2. The molecular formula is C18H21N3O5S. The molecule has 144 valence electrons. The van der Waals surface area contributed by atoms with Crippen molar-refractivity contribution in [3.63, 3.8) is 0 Å². The highest BCUT2D eigenvalue weighted by atomic mass is 32.2. The van der Waals surface area contributed by atoms with Crippen molar-refractivity contribution in [1.29, 1.82) is 0 Å². The van der Waals surface area contributed by atoms with Crippen molar-refractivity contribution in [3.05, 3.63) is 47.7 Å². The first-order valence-corrected chi connectivity index (χ1v) is 9.40. The monoisotopic (exact) mass is 391 g/mol. The molecule has 0 aliphatic rings. The number of nitrogens with zero attached hydrogens (tertiary/aromatic N) is 1. The Morgan fingerprint density at radius 3 is 2.59 bits per heavy atom. The molecule has 0 aliphatic heterocycles. The van der Waals surface area contributed by atoms with Gasteiger partial charge in [-0.05, 0) is 19.4 Å². The van der Waals surface area contributed by atoms with E-state index >= 15 is 0 Å². The zero-order valence-electron chi connectivity index (χ0n) is 15.1. The van der Waals surface area contributed by atoms with Crippen LogP contribution in [0.3, 0.4) is 0 Å². The second kappa shape index (κ2) is 10.4. The van der Waals surface area contributed by atoms with Crippen LogP contribution >= 0.6 is 11.8 Å². The molecule has 2 aromatic rings. The molecule has 0 aliphatic carbocycles. The first kappa shape index (κ1) is 20.5. The normalized spacial score (nSPS) is 11.5. The number of carbonyl (C=O) groups is 3. The number of nitrogens with one attached hydrogen (secondary N) is 2. The molecule has 2 N–H and O–H groups in total. The summed E-state index contributed by atoms with van der Waals surface area (Å²) in [6.07, 6.45) is 0. The maximum atomic E-state index is 11.8. The zero-order chi connectivity index (χ0) is 19.6. The highest BCUT2D eigenvalue weighted by molar-refractivity contribution is 8.00. The summed E-state index contributed by atoms with van der Waals surface area (Å²) in [6.45, 7) is 3.20. The molecule has 0 bridgehead atoms. The molecule has 9 heteroatoms. The number of ether oxygens (including phenoxy) is 1. The van der Waals surface area contributed by atoms with Crippen molar-refractivity contribution < 1.29 is 23.6 Å². The van der Waals surface area contributed by atoms with E-state index in [-0.39, 0.29) is 36.0 Å². The van der Waals surface area contributed by atoms with Crippen LogP contribution in [0.1, 0.15) is 24.3 Å². The van der Waals surface area contributed by atoms with E-state index in [0.717, 1.165) is 17.3 Å². The molecule has 1 heterocycles. The average molecular weight is 391 g/mol. The lowest BCUT2D eigenvalue weighted by Gasteiger charge is -2.14. The van der Waals surface area contributed by atoms with Crippen molar-refractivity contribution in [2.24, 2.45) is 0 Å². The van der Waals surface area contributed by atoms with Gasteiger partial charge in [0.05, 0.1) is 17.5 Å². The number of thioether (sulfide) groups is 1. The lowest BCUT2D eigenvalue weighted by atomic mass is 10.1. The minimum Gasteiger partial charge on any atom is -0.455 e. The van der Waals surface area contributed by atoms with Crippen LogP contribution in [0.15, 0.2) is 40.9 Å². The Morgan fingerprint density at radius 2 is 1.93 bits per heavy atom. The minimum atomic E-state index is -0.562. The molecule has 0 unspecified atom stereocenters. The Balaban J connectivity index is 1.60. The van der Waals surface area contributed by atoms with Crippen LogP contribution < -0.4 is 10.6 Å². The van der Waals surface area contributed by atoms with Gasteiger partial charge in [-0.1, -0.05) is 35.5 Å². The van der Waals surface area contributed by atoms with E-state index in [1.165, 1.54) is 0 Å². The number of carbonyl (C=O) groups excluding carboxylic acids is 3. The fraction of sp³-hybridized carbons (Fsp3) is 0.333. The Labute approximate surface area is 161 Å². The van der Waals surface area contributed by atoms with Crippen molar-refractivity contribution >= 4 is 35.4 Å². The van der Waals surface area contributed by atoms with E-state index in [9.17, 15) is 14.4 Å². The Bertz CT molecular complexity index is 778. The van der Waals surface area contributed by atoms with Gasteiger partial charge in [-0.2, -0.15) is 0 Å². The summed E-state index contributed by atoms with van der Waals surface area (Å²) < 4.78 is 9.75. The van der Waals surface area contributed by atoms with Gasteiger partial charge >= 0.3 is 5.97 Å². The smallest absolute Gasteiger partial charge is 0.316 e. The summed E-state index contributed by atoms with van der Waals surface area (Å²) in [5.41, 5.74) is 0.959. The molecule has 27 heavy (non-hydrogen) atoms. The number of aromatic nitrogens is 1. The fourth-order valence-corrected chi connectivity index (χ4v) is 2.74. The van der Waals surface area contributed by atoms with E-state index < -0.39 is 5.97 Å².